The molecule has 0 aliphatic rings. The average Bonchev–Trinajstić information content (AvgIpc) is 3.38. The van der Waals surface area contributed by atoms with Gasteiger partial charge in [0.1, 0.15) is 17.2 Å². The summed E-state index contributed by atoms with van der Waals surface area (Å²) in [6.45, 7) is 2.89. The number of H-pyrrole nitrogens is 1. The van der Waals surface area contributed by atoms with Crippen molar-refractivity contribution in [2.24, 2.45) is 5.10 Å². The molecule has 140 valence electrons. The Kier molecular flexibility index (Phi) is 6.40. The van der Waals surface area contributed by atoms with E-state index in [9.17, 15) is 4.79 Å². The first kappa shape index (κ1) is 18.4. The Morgan fingerprint density at radius 3 is 2.89 bits per heavy atom. The minimum absolute atomic E-state index is 0.321. The Hall–Kier alpha value is -3.35. The molecule has 3 rings (SSSR count). The molecule has 0 saturated heterocycles. The fourth-order valence-corrected chi connectivity index (χ4v) is 2.43. The summed E-state index contributed by atoms with van der Waals surface area (Å²) < 4.78 is 10.8. The lowest BCUT2D eigenvalue weighted by Gasteiger charge is -2.06. The van der Waals surface area contributed by atoms with Gasteiger partial charge in [-0.2, -0.15) is 10.2 Å². The lowest BCUT2D eigenvalue weighted by atomic mass is 10.1. The number of benzene rings is 1. The van der Waals surface area contributed by atoms with Gasteiger partial charge >= 0.3 is 0 Å². The van der Waals surface area contributed by atoms with E-state index < -0.39 is 0 Å². The SMILES string of the molecule is CCCCCOc1ccc(-c2cc(C(=O)NN=Cc3ccco3)[nH]n2)cc1. The molecule has 7 heteroatoms. The maximum atomic E-state index is 12.1. The molecule has 0 spiro atoms. The topological polar surface area (TPSA) is 92.5 Å². The third-order valence-corrected chi connectivity index (χ3v) is 3.89. The summed E-state index contributed by atoms with van der Waals surface area (Å²) in [6, 6.07) is 12.8. The molecule has 0 aliphatic carbocycles. The second-order valence-electron chi connectivity index (χ2n) is 5.96. The lowest BCUT2D eigenvalue weighted by Crippen LogP contribution is -2.17. The number of amides is 1. The Bertz CT molecular complexity index is 867. The van der Waals surface area contributed by atoms with E-state index >= 15 is 0 Å². The van der Waals surface area contributed by atoms with Crippen LogP contribution in [0.15, 0.2) is 58.2 Å². The number of hydrazone groups is 1. The summed E-state index contributed by atoms with van der Waals surface area (Å²) in [5.41, 5.74) is 4.31. The van der Waals surface area contributed by atoms with Crippen LogP contribution in [-0.2, 0) is 0 Å². The number of nitrogens with one attached hydrogen (secondary N) is 2. The largest absolute Gasteiger partial charge is 0.494 e. The number of furan rings is 1. The van der Waals surface area contributed by atoms with Crippen LogP contribution < -0.4 is 10.2 Å². The number of nitrogens with zero attached hydrogens (tertiary/aromatic N) is 2. The van der Waals surface area contributed by atoms with E-state index in [1.807, 2.05) is 24.3 Å². The molecule has 0 unspecified atom stereocenters. The van der Waals surface area contributed by atoms with E-state index in [0.717, 1.165) is 24.3 Å². The zero-order valence-corrected chi connectivity index (χ0v) is 15.1. The Labute approximate surface area is 157 Å². The molecule has 0 radical (unpaired) electrons. The Morgan fingerprint density at radius 1 is 1.30 bits per heavy atom. The number of carbonyl (C=O) groups excluding carboxylic acids is 1. The van der Waals surface area contributed by atoms with Crippen LogP contribution in [0, 0.1) is 0 Å². The molecule has 0 saturated carbocycles. The summed E-state index contributed by atoms with van der Waals surface area (Å²) >= 11 is 0. The summed E-state index contributed by atoms with van der Waals surface area (Å²) in [7, 11) is 0. The fraction of sp³-hybridized carbons (Fsp3) is 0.250. The van der Waals surface area contributed by atoms with Crippen LogP contribution in [0.4, 0.5) is 0 Å². The zero-order chi connectivity index (χ0) is 18.9. The van der Waals surface area contributed by atoms with Crippen molar-refractivity contribution in [3.8, 4) is 17.0 Å². The van der Waals surface area contributed by atoms with Crippen LogP contribution in [0.3, 0.4) is 0 Å². The highest BCUT2D eigenvalue weighted by atomic mass is 16.5. The molecular weight excluding hydrogens is 344 g/mol. The van der Waals surface area contributed by atoms with Gasteiger partial charge in [0.25, 0.3) is 5.91 Å². The number of hydrogen-bond donors (Lipinski definition) is 2. The van der Waals surface area contributed by atoms with Crippen molar-refractivity contribution in [2.45, 2.75) is 26.2 Å². The molecule has 0 bridgehead atoms. The van der Waals surface area contributed by atoms with Crippen LogP contribution in [0.1, 0.15) is 42.4 Å². The Morgan fingerprint density at radius 2 is 2.15 bits per heavy atom. The first-order chi connectivity index (χ1) is 13.3. The van der Waals surface area contributed by atoms with Crippen molar-refractivity contribution in [3.63, 3.8) is 0 Å². The smallest absolute Gasteiger partial charge is 0.289 e. The summed E-state index contributed by atoms with van der Waals surface area (Å²) in [5, 5.41) is 10.7. The van der Waals surface area contributed by atoms with Gasteiger partial charge in [0.15, 0.2) is 0 Å². The minimum atomic E-state index is -0.382. The quantitative estimate of drug-likeness (QED) is 0.340. The molecule has 0 fully saturated rings. The van der Waals surface area contributed by atoms with Gasteiger partial charge in [0.2, 0.25) is 0 Å². The van der Waals surface area contributed by atoms with Gasteiger partial charge in [0, 0.05) is 5.56 Å². The van der Waals surface area contributed by atoms with E-state index in [-0.39, 0.29) is 5.91 Å². The number of carbonyl (C=O) groups is 1. The Balaban J connectivity index is 1.55. The lowest BCUT2D eigenvalue weighted by molar-refractivity contribution is 0.0950. The molecule has 0 atom stereocenters. The van der Waals surface area contributed by atoms with Crippen LogP contribution in [0.5, 0.6) is 5.75 Å². The molecule has 3 aromatic rings. The van der Waals surface area contributed by atoms with Gasteiger partial charge in [-0.1, -0.05) is 19.8 Å². The van der Waals surface area contributed by atoms with E-state index in [1.165, 1.54) is 25.3 Å². The van der Waals surface area contributed by atoms with Crippen molar-refractivity contribution in [3.05, 3.63) is 60.2 Å². The van der Waals surface area contributed by atoms with Crippen LogP contribution in [-0.4, -0.2) is 28.9 Å². The highest BCUT2D eigenvalue weighted by Gasteiger charge is 2.10. The number of hydrogen-bond acceptors (Lipinski definition) is 5. The minimum Gasteiger partial charge on any atom is -0.494 e. The molecule has 2 aromatic heterocycles. The number of rotatable bonds is 9. The summed E-state index contributed by atoms with van der Waals surface area (Å²) in [4.78, 5) is 12.1. The van der Waals surface area contributed by atoms with E-state index in [4.69, 9.17) is 9.15 Å². The first-order valence-electron chi connectivity index (χ1n) is 8.92. The summed E-state index contributed by atoms with van der Waals surface area (Å²) in [6.07, 6.45) is 6.35. The van der Waals surface area contributed by atoms with E-state index in [1.54, 1.807) is 18.2 Å². The van der Waals surface area contributed by atoms with Gasteiger partial charge in [-0.25, -0.2) is 5.43 Å². The molecule has 2 N–H and O–H groups in total. The second kappa shape index (κ2) is 9.38. The summed E-state index contributed by atoms with van der Waals surface area (Å²) in [5.74, 6) is 1.00. The molecule has 27 heavy (non-hydrogen) atoms. The predicted molar refractivity (Wildman–Crippen MR) is 103 cm³/mol. The third-order valence-electron chi connectivity index (χ3n) is 3.89. The number of unbranched alkanes of at least 4 members (excludes halogenated alkanes) is 2. The van der Waals surface area contributed by atoms with Crippen molar-refractivity contribution in [1.29, 1.82) is 0 Å². The molecular formula is C20H22N4O3. The van der Waals surface area contributed by atoms with Crippen molar-refractivity contribution in [2.75, 3.05) is 6.61 Å². The van der Waals surface area contributed by atoms with Crippen LogP contribution >= 0.6 is 0 Å². The van der Waals surface area contributed by atoms with Crippen LogP contribution in [0.2, 0.25) is 0 Å². The standard InChI is InChI=1S/C20H22N4O3/c1-2-3-4-11-26-16-9-7-15(8-10-16)18-13-19(23-22-18)20(25)24-21-14-17-6-5-12-27-17/h5-10,12-14H,2-4,11H2,1H3,(H,22,23)(H,24,25). The number of aromatic nitrogens is 2. The average molecular weight is 366 g/mol. The van der Waals surface area contributed by atoms with Gasteiger partial charge < -0.3 is 9.15 Å². The van der Waals surface area contributed by atoms with Gasteiger partial charge in [-0.05, 0) is 48.9 Å². The van der Waals surface area contributed by atoms with Crippen molar-refractivity contribution >= 4 is 12.1 Å². The van der Waals surface area contributed by atoms with Crippen molar-refractivity contribution < 1.29 is 13.9 Å². The number of ether oxygens (including phenoxy) is 1. The monoisotopic (exact) mass is 366 g/mol. The molecule has 0 aliphatic heterocycles. The van der Waals surface area contributed by atoms with Crippen LogP contribution in [0.25, 0.3) is 11.3 Å². The maximum absolute atomic E-state index is 12.1. The first-order valence-corrected chi connectivity index (χ1v) is 8.92. The maximum Gasteiger partial charge on any atom is 0.289 e. The normalized spacial score (nSPS) is 11.0. The molecule has 2 heterocycles. The molecule has 1 amide bonds. The molecule has 7 nitrogen and oxygen atoms in total. The predicted octanol–water partition coefficient (Wildman–Crippen LogP) is 4.00. The van der Waals surface area contributed by atoms with Crippen molar-refractivity contribution in [1.82, 2.24) is 15.6 Å². The number of aromatic amines is 1. The third kappa shape index (κ3) is 5.31. The second-order valence-corrected chi connectivity index (χ2v) is 5.96. The van der Waals surface area contributed by atoms with E-state index in [2.05, 4.69) is 27.6 Å². The fourth-order valence-electron chi connectivity index (χ4n) is 2.43. The molecule has 1 aromatic carbocycles. The van der Waals surface area contributed by atoms with E-state index in [0.29, 0.717) is 17.1 Å². The highest BCUT2D eigenvalue weighted by Crippen LogP contribution is 2.21. The van der Waals surface area contributed by atoms with Gasteiger partial charge in [-0.15, -0.1) is 0 Å². The van der Waals surface area contributed by atoms with Gasteiger partial charge in [-0.3, -0.25) is 9.89 Å². The zero-order valence-electron chi connectivity index (χ0n) is 15.1. The van der Waals surface area contributed by atoms with Gasteiger partial charge in [0.05, 0.1) is 24.8 Å². The highest BCUT2D eigenvalue weighted by molar-refractivity contribution is 5.93.